The smallest absolute Gasteiger partial charge is 0.387 e. The first-order valence-electron chi connectivity index (χ1n) is 7.72. The third kappa shape index (κ3) is 2.67. The fourth-order valence-corrected chi connectivity index (χ4v) is 3.15. The zero-order chi connectivity index (χ0) is 18.4. The summed E-state index contributed by atoms with van der Waals surface area (Å²) in [6, 6.07) is 10.5. The molecule has 0 fully saturated rings. The number of carbonyl (C=O) groups excluding carboxylic acids is 1. The van der Waals surface area contributed by atoms with Crippen LogP contribution in [0, 0.1) is 0 Å². The maximum atomic E-state index is 12.9. The molecule has 2 heterocycles. The number of nitrogens with zero attached hydrogens (tertiary/aromatic N) is 2. The van der Waals surface area contributed by atoms with Crippen LogP contribution in [0.25, 0.3) is 10.9 Å². The molecule has 3 aromatic rings. The topological polar surface area (TPSA) is 34.5 Å². The van der Waals surface area contributed by atoms with Gasteiger partial charge >= 0.3 is 13.2 Å². The van der Waals surface area contributed by atoms with Gasteiger partial charge in [0.15, 0.2) is 0 Å². The largest absolute Gasteiger partial charge is 0.435 e. The monoisotopic (exact) mass is 364 g/mol. The van der Waals surface area contributed by atoms with Crippen molar-refractivity contribution in [1.29, 1.82) is 0 Å². The third-order valence-electron chi connectivity index (χ3n) is 4.34. The minimum absolute atomic E-state index is 0.0848. The molecule has 1 aromatic heterocycles. The van der Waals surface area contributed by atoms with Crippen LogP contribution in [-0.2, 0) is 6.54 Å². The Balaban J connectivity index is 1.66. The Hall–Kier alpha value is -3.03. The van der Waals surface area contributed by atoms with E-state index in [-0.39, 0.29) is 23.8 Å². The quantitative estimate of drug-likeness (QED) is 0.624. The van der Waals surface area contributed by atoms with Gasteiger partial charge in [-0.2, -0.15) is 17.6 Å². The zero-order valence-electron chi connectivity index (χ0n) is 13.2. The molecule has 0 N–H and O–H groups in total. The lowest BCUT2D eigenvalue weighted by Crippen LogP contribution is -2.22. The number of halogens is 4. The van der Waals surface area contributed by atoms with Crippen LogP contribution in [-0.4, -0.2) is 17.1 Å². The van der Waals surface area contributed by atoms with E-state index in [1.165, 1.54) is 29.3 Å². The maximum absolute atomic E-state index is 12.9. The first-order chi connectivity index (χ1) is 12.4. The highest BCUT2D eigenvalue weighted by atomic mass is 19.3. The molecule has 0 saturated carbocycles. The van der Waals surface area contributed by atoms with Crippen LogP contribution in [0.15, 0.2) is 48.7 Å². The standard InChI is InChI=1S/C18H12F4N2O2/c19-17(20)23-6-5-10-7-12(2-4-15(10)23)24-9-11-1-3-13(26-18(21)22)8-14(11)16(24)25/h1-8,17-18H,9H2. The van der Waals surface area contributed by atoms with Gasteiger partial charge in [0.1, 0.15) is 5.75 Å². The van der Waals surface area contributed by atoms with Gasteiger partial charge in [-0.05, 0) is 42.0 Å². The Morgan fingerprint density at radius 3 is 2.54 bits per heavy atom. The number of aromatic nitrogens is 1. The second-order valence-corrected chi connectivity index (χ2v) is 5.83. The number of amides is 1. The van der Waals surface area contributed by atoms with Crippen LogP contribution >= 0.6 is 0 Å². The lowest BCUT2D eigenvalue weighted by atomic mass is 10.1. The predicted molar refractivity (Wildman–Crippen MR) is 86.8 cm³/mol. The summed E-state index contributed by atoms with van der Waals surface area (Å²) in [6.45, 7) is -5.35. The summed E-state index contributed by atoms with van der Waals surface area (Å²) in [5.41, 5.74) is 1.87. The van der Waals surface area contributed by atoms with Gasteiger partial charge in [-0.3, -0.25) is 9.36 Å². The van der Waals surface area contributed by atoms with E-state index in [9.17, 15) is 22.4 Å². The number of carbonyl (C=O) groups is 1. The van der Waals surface area contributed by atoms with Gasteiger partial charge in [0.25, 0.3) is 5.91 Å². The highest BCUT2D eigenvalue weighted by Crippen LogP contribution is 2.33. The third-order valence-corrected chi connectivity index (χ3v) is 4.34. The van der Waals surface area contributed by atoms with Crippen LogP contribution in [0.3, 0.4) is 0 Å². The molecule has 0 aliphatic carbocycles. The van der Waals surface area contributed by atoms with Crippen LogP contribution in [0.2, 0.25) is 0 Å². The number of anilines is 1. The number of hydrogen-bond acceptors (Lipinski definition) is 2. The van der Waals surface area contributed by atoms with Crippen LogP contribution in [0.5, 0.6) is 5.75 Å². The molecule has 134 valence electrons. The van der Waals surface area contributed by atoms with Crippen molar-refractivity contribution in [2.24, 2.45) is 0 Å². The zero-order valence-corrected chi connectivity index (χ0v) is 13.2. The van der Waals surface area contributed by atoms with Crippen LogP contribution < -0.4 is 9.64 Å². The molecule has 2 aromatic carbocycles. The number of fused-ring (bicyclic) bond motifs is 2. The second-order valence-electron chi connectivity index (χ2n) is 5.83. The summed E-state index contributed by atoms with van der Waals surface area (Å²) in [4.78, 5) is 14.1. The van der Waals surface area contributed by atoms with Crippen molar-refractivity contribution in [3.63, 3.8) is 0 Å². The lowest BCUT2D eigenvalue weighted by molar-refractivity contribution is -0.0498. The summed E-state index contributed by atoms with van der Waals surface area (Å²) in [5.74, 6) is -0.439. The van der Waals surface area contributed by atoms with Crippen LogP contribution in [0.4, 0.5) is 23.2 Å². The highest BCUT2D eigenvalue weighted by Gasteiger charge is 2.29. The van der Waals surface area contributed by atoms with Crippen molar-refractivity contribution in [2.75, 3.05) is 4.90 Å². The molecule has 4 rings (SSSR count). The molecule has 0 saturated heterocycles. The van der Waals surface area contributed by atoms with E-state index < -0.39 is 13.2 Å². The summed E-state index contributed by atoms with van der Waals surface area (Å²) >= 11 is 0. The van der Waals surface area contributed by atoms with E-state index in [4.69, 9.17) is 0 Å². The van der Waals surface area contributed by atoms with Gasteiger partial charge in [0, 0.05) is 22.8 Å². The molecular formula is C18H12F4N2O2. The summed E-state index contributed by atoms with van der Waals surface area (Å²) < 4.78 is 55.7. The average Bonchev–Trinajstić information content (AvgIpc) is 3.15. The van der Waals surface area contributed by atoms with Gasteiger partial charge in [0.2, 0.25) is 0 Å². The van der Waals surface area contributed by atoms with Crippen molar-refractivity contribution >= 4 is 22.5 Å². The summed E-state index contributed by atoms with van der Waals surface area (Å²) in [7, 11) is 0. The van der Waals surface area contributed by atoms with E-state index in [1.54, 1.807) is 24.3 Å². The molecule has 0 radical (unpaired) electrons. The van der Waals surface area contributed by atoms with Crippen molar-refractivity contribution in [1.82, 2.24) is 4.57 Å². The molecule has 8 heteroatoms. The molecule has 0 spiro atoms. The normalized spacial score (nSPS) is 13.9. The van der Waals surface area contributed by atoms with Crippen molar-refractivity contribution in [3.05, 3.63) is 59.8 Å². The predicted octanol–water partition coefficient (Wildman–Crippen LogP) is 4.80. The van der Waals surface area contributed by atoms with Gasteiger partial charge in [0.05, 0.1) is 12.1 Å². The van der Waals surface area contributed by atoms with E-state index in [0.717, 1.165) is 4.57 Å². The van der Waals surface area contributed by atoms with Crippen molar-refractivity contribution in [3.8, 4) is 5.75 Å². The van der Waals surface area contributed by atoms with Gasteiger partial charge in [-0.25, -0.2) is 0 Å². The SMILES string of the molecule is O=C1c2cc(OC(F)F)ccc2CN1c1ccc2c(ccn2C(F)F)c1. The molecule has 26 heavy (non-hydrogen) atoms. The Morgan fingerprint density at radius 1 is 1.00 bits per heavy atom. The first-order valence-corrected chi connectivity index (χ1v) is 7.72. The second kappa shape index (κ2) is 6.05. The number of ether oxygens (including phenoxy) is 1. The van der Waals surface area contributed by atoms with E-state index in [0.29, 0.717) is 22.2 Å². The molecule has 0 atom stereocenters. The van der Waals surface area contributed by atoms with Gasteiger partial charge in [-0.15, -0.1) is 0 Å². The lowest BCUT2D eigenvalue weighted by Gasteiger charge is -2.16. The van der Waals surface area contributed by atoms with Crippen molar-refractivity contribution in [2.45, 2.75) is 19.7 Å². The molecule has 0 bridgehead atoms. The maximum Gasteiger partial charge on any atom is 0.387 e. The molecule has 4 nitrogen and oxygen atoms in total. The Kier molecular flexibility index (Phi) is 3.82. The van der Waals surface area contributed by atoms with Crippen molar-refractivity contribution < 1.29 is 27.1 Å². The number of rotatable bonds is 4. The Morgan fingerprint density at radius 2 is 1.81 bits per heavy atom. The molecular weight excluding hydrogens is 352 g/mol. The highest BCUT2D eigenvalue weighted by molar-refractivity contribution is 6.10. The molecule has 1 aliphatic heterocycles. The van der Waals surface area contributed by atoms with E-state index in [1.807, 2.05) is 0 Å². The minimum Gasteiger partial charge on any atom is -0.435 e. The first kappa shape index (κ1) is 16.4. The summed E-state index contributed by atoms with van der Waals surface area (Å²) in [6.07, 6.45) is 1.29. The van der Waals surface area contributed by atoms with E-state index in [2.05, 4.69) is 4.74 Å². The van der Waals surface area contributed by atoms with Crippen LogP contribution in [0.1, 0.15) is 22.5 Å². The fraction of sp³-hybridized carbons (Fsp3) is 0.167. The number of alkyl halides is 4. The van der Waals surface area contributed by atoms with E-state index >= 15 is 0 Å². The molecule has 1 amide bonds. The molecule has 1 aliphatic rings. The minimum atomic E-state index is -2.97. The van der Waals surface area contributed by atoms with Gasteiger partial charge in [-0.1, -0.05) is 6.07 Å². The average molecular weight is 364 g/mol. The fourth-order valence-electron chi connectivity index (χ4n) is 3.15. The van der Waals surface area contributed by atoms with Gasteiger partial charge < -0.3 is 9.64 Å². The molecule has 0 unspecified atom stereocenters. The number of hydrogen-bond donors (Lipinski definition) is 0. The Labute approximate surface area is 145 Å². The number of benzene rings is 2. The Bertz CT molecular complexity index is 1000. The summed E-state index contributed by atoms with van der Waals surface area (Å²) in [5, 5.41) is 0.577.